The summed E-state index contributed by atoms with van der Waals surface area (Å²) in [5.74, 6) is -1.31. The number of alkyl halides is 3. The topological polar surface area (TPSA) is 59.4 Å². The van der Waals surface area contributed by atoms with Crippen molar-refractivity contribution in [2.75, 3.05) is 0 Å². The van der Waals surface area contributed by atoms with Crippen molar-refractivity contribution in [1.82, 2.24) is 4.98 Å². The number of ether oxygens (including phenoxy) is 1. The maximum Gasteiger partial charge on any atom is 0.573 e. The van der Waals surface area contributed by atoms with Crippen LogP contribution < -0.4 is 4.74 Å². The second-order valence-corrected chi connectivity index (χ2v) is 4.64. The van der Waals surface area contributed by atoms with E-state index < -0.39 is 12.3 Å². The van der Waals surface area contributed by atoms with Gasteiger partial charge in [0.15, 0.2) is 0 Å². The van der Waals surface area contributed by atoms with E-state index in [1.54, 1.807) is 5.38 Å². The van der Waals surface area contributed by atoms with Crippen LogP contribution in [0.15, 0.2) is 29.6 Å². The molecule has 0 aliphatic rings. The van der Waals surface area contributed by atoms with Crippen LogP contribution in [-0.4, -0.2) is 22.4 Å². The summed E-state index contributed by atoms with van der Waals surface area (Å²) in [6, 6.07) is 5.23. The summed E-state index contributed by atoms with van der Waals surface area (Å²) >= 11 is 1.23. The van der Waals surface area contributed by atoms with Gasteiger partial charge in [-0.15, -0.1) is 24.5 Å². The number of carboxylic acid groups (broad SMARTS) is 1. The van der Waals surface area contributed by atoms with Crippen molar-refractivity contribution in [1.29, 1.82) is 0 Å². The van der Waals surface area contributed by atoms with Crippen LogP contribution in [0, 0.1) is 0 Å². The zero-order chi connectivity index (χ0) is 14.8. The molecule has 0 atom stereocenters. The van der Waals surface area contributed by atoms with Gasteiger partial charge in [0.05, 0.1) is 12.1 Å². The number of thiazole rings is 1. The van der Waals surface area contributed by atoms with Crippen LogP contribution in [0.2, 0.25) is 0 Å². The van der Waals surface area contributed by atoms with Gasteiger partial charge in [-0.2, -0.15) is 0 Å². The fourth-order valence-electron chi connectivity index (χ4n) is 1.47. The minimum Gasteiger partial charge on any atom is -0.481 e. The summed E-state index contributed by atoms with van der Waals surface area (Å²) < 4.78 is 39.8. The number of aromatic nitrogens is 1. The Morgan fingerprint density at radius 2 is 1.95 bits per heavy atom. The van der Waals surface area contributed by atoms with Gasteiger partial charge in [-0.3, -0.25) is 4.79 Å². The Morgan fingerprint density at radius 3 is 2.50 bits per heavy atom. The van der Waals surface area contributed by atoms with Gasteiger partial charge in [-0.1, -0.05) is 0 Å². The maximum absolute atomic E-state index is 12.0. The summed E-state index contributed by atoms with van der Waals surface area (Å²) in [5.41, 5.74) is 1.01. The summed E-state index contributed by atoms with van der Waals surface area (Å²) in [7, 11) is 0. The minimum atomic E-state index is -4.72. The molecule has 0 fully saturated rings. The molecule has 0 saturated heterocycles. The van der Waals surface area contributed by atoms with Crippen LogP contribution in [0.25, 0.3) is 10.6 Å². The second-order valence-electron chi connectivity index (χ2n) is 3.79. The van der Waals surface area contributed by atoms with Gasteiger partial charge in [0.2, 0.25) is 0 Å². The molecular weight excluding hydrogens is 295 g/mol. The van der Waals surface area contributed by atoms with Gasteiger partial charge in [0.1, 0.15) is 10.8 Å². The molecule has 1 heterocycles. The van der Waals surface area contributed by atoms with E-state index in [4.69, 9.17) is 5.11 Å². The van der Waals surface area contributed by atoms with Crippen LogP contribution in [0.5, 0.6) is 5.75 Å². The van der Waals surface area contributed by atoms with Crippen molar-refractivity contribution < 1.29 is 27.8 Å². The van der Waals surface area contributed by atoms with E-state index in [1.165, 1.54) is 35.6 Å². The fraction of sp³-hybridized carbons (Fsp3) is 0.167. The Balaban J connectivity index is 2.13. The highest BCUT2D eigenvalue weighted by Gasteiger charge is 2.30. The maximum atomic E-state index is 12.0. The average Bonchev–Trinajstić information content (AvgIpc) is 2.75. The lowest BCUT2D eigenvalue weighted by Gasteiger charge is -2.08. The third kappa shape index (κ3) is 3.95. The predicted octanol–water partition coefficient (Wildman–Crippen LogP) is 3.34. The molecule has 0 radical (unpaired) electrons. The highest BCUT2D eigenvalue weighted by Crippen LogP contribution is 2.28. The number of aliphatic carboxylic acids is 1. The van der Waals surface area contributed by atoms with Crippen LogP contribution >= 0.6 is 11.3 Å². The molecule has 2 rings (SSSR count). The van der Waals surface area contributed by atoms with E-state index in [-0.39, 0.29) is 12.2 Å². The number of hydrogen-bond donors (Lipinski definition) is 1. The standard InChI is InChI=1S/C12H8F3NO3S/c13-12(14,15)19-9-3-1-7(2-4-9)11-16-8(6-20-11)5-10(17)18/h1-4,6H,5H2,(H,17,18). The molecule has 20 heavy (non-hydrogen) atoms. The highest BCUT2D eigenvalue weighted by atomic mass is 32.1. The van der Waals surface area contributed by atoms with Crippen LogP contribution in [-0.2, 0) is 11.2 Å². The average molecular weight is 303 g/mol. The first-order valence-electron chi connectivity index (χ1n) is 5.36. The number of benzene rings is 1. The Kier molecular flexibility index (Phi) is 3.93. The summed E-state index contributed by atoms with van der Waals surface area (Å²) in [6.45, 7) is 0. The Labute approximate surface area is 115 Å². The number of nitrogens with zero attached hydrogens (tertiary/aromatic N) is 1. The summed E-state index contributed by atoms with van der Waals surface area (Å²) in [6.07, 6.45) is -4.91. The number of carboxylic acids is 1. The minimum absolute atomic E-state index is 0.189. The molecule has 1 N–H and O–H groups in total. The number of hydrogen-bond acceptors (Lipinski definition) is 4. The lowest BCUT2D eigenvalue weighted by Crippen LogP contribution is -2.16. The van der Waals surface area contributed by atoms with Gasteiger partial charge >= 0.3 is 12.3 Å². The third-order valence-electron chi connectivity index (χ3n) is 2.22. The second kappa shape index (κ2) is 5.49. The first-order valence-corrected chi connectivity index (χ1v) is 6.24. The molecule has 1 aromatic carbocycles. The Hall–Kier alpha value is -2.09. The van der Waals surface area contributed by atoms with Gasteiger partial charge < -0.3 is 9.84 Å². The molecule has 1 aromatic heterocycles. The van der Waals surface area contributed by atoms with Crippen molar-refractivity contribution in [3.05, 3.63) is 35.3 Å². The lowest BCUT2D eigenvalue weighted by molar-refractivity contribution is -0.274. The molecule has 0 spiro atoms. The predicted molar refractivity (Wildman–Crippen MR) is 65.6 cm³/mol. The normalized spacial score (nSPS) is 11.3. The van der Waals surface area contributed by atoms with E-state index in [9.17, 15) is 18.0 Å². The van der Waals surface area contributed by atoms with Crippen LogP contribution in [0.1, 0.15) is 5.69 Å². The molecule has 4 nitrogen and oxygen atoms in total. The quantitative estimate of drug-likeness (QED) is 0.941. The van der Waals surface area contributed by atoms with Gasteiger partial charge in [0, 0.05) is 10.9 Å². The smallest absolute Gasteiger partial charge is 0.481 e. The molecule has 0 bridgehead atoms. The van der Waals surface area contributed by atoms with Crippen molar-refractivity contribution in [2.24, 2.45) is 0 Å². The van der Waals surface area contributed by atoms with E-state index in [1.807, 2.05) is 0 Å². The summed E-state index contributed by atoms with van der Waals surface area (Å²) in [5, 5.41) is 10.8. The Morgan fingerprint density at radius 1 is 1.30 bits per heavy atom. The van der Waals surface area contributed by atoms with Crippen molar-refractivity contribution >= 4 is 17.3 Å². The largest absolute Gasteiger partial charge is 0.573 e. The lowest BCUT2D eigenvalue weighted by atomic mass is 10.2. The van der Waals surface area contributed by atoms with E-state index in [0.29, 0.717) is 16.3 Å². The Bertz CT molecular complexity index is 607. The van der Waals surface area contributed by atoms with Gasteiger partial charge in [0.25, 0.3) is 0 Å². The summed E-state index contributed by atoms with van der Waals surface area (Å²) in [4.78, 5) is 14.6. The third-order valence-corrected chi connectivity index (χ3v) is 3.16. The monoisotopic (exact) mass is 303 g/mol. The number of rotatable bonds is 4. The molecule has 2 aromatic rings. The zero-order valence-electron chi connectivity index (χ0n) is 9.85. The first-order chi connectivity index (χ1) is 9.33. The molecule has 8 heteroatoms. The van der Waals surface area contributed by atoms with Gasteiger partial charge in [-0.25, -0.2) is 4.98 Å². The zero-order valence-corrected chi connectivity index (χ0v) is 10.7. The van der Waals surface area contributed by atoms with Crippen molar-refractivity contribution in [2.45, 2.75) is 12.8 Å². The number of carbonyl (C=O) groups is 1. The molecule has 0 aliphatic carbocycles. The van der Waals surface area contributed by atoms with E-state index >= 15 is 0 Å². The van der Waals surface area contributed by atoms with E-state index in [2.05, 4.69) is 9.72 Å². The SMILES string of the molecule is O=C(O)Cc1csc(-c2ccc(OC(F)(F)F)cc2)n1. The molecule has 0 saturated carbocycles. The van der Waals surface area contributed by atoms with Crippen molar-refractivity contribution in [3.63, 3.8) is 0 Å². The molecule has 0 amide bonds. The molecule has 0 unspecified atom stereocenters. The van der Waals surface area contributed by atoms with Crippen LogP contribution in [0.3, 0.4) is 0 Å². The van der Waals surface area contributed by atoms with Gasteiger partial charge in [-0.05, 0) is 24.3 Å². The number of halogens is 3. The fourth-order valence-corrected chi connectivity index (χ4v) is 2.30. The molecular formula is C12H8F3NO3S. The van der Waals surface area contributed by atoms with E-state index in [0.717, 1.165) is 0 Å². The highest BCUT2D eigenvalue weighted by molar-refractivity contribution is 7.13. The molecule has 0 aliphatic heterocycles. The van der Waals surface area contributed by atoms with Crippen molar-refractivity contribution in [3.8, 4) is 16.3 Å². The van der Waals surface area contributed by atoms with Crippen LogP contribution in [0.4, 0.5) is 13.2 Å². The molecule has 106 valence electrons. The first kappa shape index (κ1) is 14.3.